The molecule has 4 nitrogen and oxygen atoms in total. The van der Waals surface area contributed by atoms with Crippen molar-refractivity contribution in [3.05, 3.63) is 59.7 Å². The Morgan fingerprint density at radius 2 is 1.65 bits per heavy atom. The van der Waals surface area contributed by atoms with E-state index in [1.807, 2.05) is 43.3 Å². The number of anilines is 2. The summed E-state index contributed by atoms with van der Waals surface area (Å²) in [7, 11) is 3.94. The SMILES string of the molecule is CN(C)c1ccc(NC(=O)c2ccc(CO)cc2)cc1. The van der Waals surface area contributed by atoms with Crippen LogP contribution in [0.4, 0.5) is 11.4 Å². The highest BCUT2D eigenvalue weighted by atomic mass is 16.3. The van der Waals surface area contributed by atoms with Gasteiger partial charge in [0.15, 0.2) is 0 Å². The van der Waals surface area contributed by atoms with Gasteiger partial charge in [-0.05, 0) is 42.0 Å². The third-order valence-corrected chi connectivity index (χ3v) is 3.04. The molecule has 0 atom stereocenters. The second-order valence-electron chi connectivity index (χ2n) is 4.75. The molecule has 104 valence electrons. The van der Waals surface area contributed by atoms with Crippen molar-refractivity contribution in [2.75, 3.05) is 24.3 Å². The van der Waals surface area contributed by atoms with Crippen molar-refractivity contribution >= 4 is 17.3 Å². The van der Waals surface area contributed by atoms with Crippen LogP contribution in [0.3, 0.4) is 0 Å². The van der Waals surface area contributed by atoms with Crippen molar-refractivity contribution < 1.29 is 9.90 Å². The second-order valence-corrected chi connectivity index (χ2v) is 4.75. The van der Waals surface area contributed by atoms with Gasteiger partial charge >= 0.3 is 0 Å². The van der Waals surface area contributed by atoms with E-state index in [0.717, 1.165) is 16.9 Å². The van der Waals surface area contributed by atoms with E-state index in [9.17, 15) is 4.79 Å². The minimum Gasteiger partial charge on any atom is -0.392 e. The zero-order valence-electron chi connectivity index (χ0n) is 11.6. The van der Waals surface area contributed by atoms with E-state index < -0.39 is 0 Å². The number of hydrogen-bond acceptors (Lipinski definition) is 3. The first-order valence-corrected chi connectivity index (χ1v) is 6.38. The van der Waals surface area contributed by atoms with Crippen LogP contribution in [0, 0.1) is 0 Å². The number of nitrogens with zero attached hydrogens (tertiary/aromatic N) is 1. The molecule has 0 unspecified atom stereocenters. The minimum atomic E-state index is -0.160. The molecule has 20 heavy (non-hydrogen) atoms. The summed E-state index contributed by atoms with van der Waals surface area (Å²) in [6, 6.07) is 14.5. The Labute approximate surface area is 118 Å². The van der Waals surface area contributed by atoms with Crippen molar-refractivity contribution in [3.8, 4) is 0 Å². The highest BCUT2D eigenvalue weighted by Gasteiger charge is 2.06. The fourth-order valence-electron chi connectivity index (χ4n) is 1.81. The number of carbonyl (C=O) groups is 1. The van der Waals surface area contributed by atoms with Crippen molar-refractivity contribution in [2.45, 2.75) is 6.61 Å². The van der Waals surface area contributed by atoms with Gasteiger partial charge in [0.1, 0.15) is 0 Å². The lowest BCUT2D eigenvalue weighted by Crippen LogP contribution is -2.12. The number of hydrogen-bond donors (Lipinski definition) is 2. The van der Waals surface area contributed by atoms with Crippen molar-refractivity contribution in [1.82, 2.24) is 0 Å². The van der Waals surface area contributed by atoms with Gasteiger partial charge in [0.2, 0.25) is 0 Å². The predicted molar refractivity (Wildman–Crippen MR) is 81.1 cm³/mol. The fraction of sp³-hybridized carbons (Fsp3) is 0.188. The summed E-state index contributed by atoms with van der Waals surface area (Å²) in [5.41, 5.74) is 3.19. The molecule has 0 saturated carbocycles. The summed E-state index contributed by atoms with van der Waals surface area (Å²) >= 11 is 0. The monoisotopic (exact) mass is 270 g/mol. The number of nitrogens with one attached hydrogen (secondary N) is 1. The molecule has 0 bridgehead atoms. The number of carbonyl (C=O) groups excluding carboxylic acids is 1. The zero-order chi connectivity index (χ0) is 14.5. The Bertz CT molecular complexity index is 574. The van der Waals surface area contributed by atoms with E-state index in [1.165, 1.54) is 0 Å². The Kier molecular flexibility index (Phi) is 4.38. The van der Waals surface area contributed by atoms with Crippen molar-refractivity contribution in [2.24, 2.45) is 0 Å². The van der Waals surface area contributed by atoms with Crippen LogP contribution < -0.4 is 10.2 Å². The van der Waals surface area contributed by atoms with Gasteiger partial charge in [-0.15, -0.1) is 0 Å². The molecule has 0 heterocycles. The number of aliphatic hydroxyl groups is 1. The molecule has 0 spiro atoms. The van der Waals surface area contributed by atoms with E-state index in [0.29, 0.717) is 5.56 Å². The van der Waals surface area contributed by atoms with Gasteiger partial charge in [0.25, 0.3) is 5.91 Å². The molecular formula is C16H18N2O2. The normalized spacial score (nSPS) is 10.2. The smallest absolute Gasteiger partial charge is 0.255 e. The number of rotatable bonds is 4. The molecule has 4 heteroatoms. The summed E-state index contributed by atoms with van der Waals surface area (Å²) in [6.45, 7) is -0.0199. The molecule has 0 fully saturated rings. The largest absolute Gasteiger partial charge is 0.392 e. The molecule has 2 aromatic carbocycles. The molecular weight excluding hydrogens is 252 g/mol. The Balaban J connectivity index is 2.06. The van der Waals surface area contributed by atoms with Crippen LogP contribution in [0.2, 0.25) is 0 Å². The van der Waals surface area contributed by atoms with Crippen LogP contribution >= 0.6 is 0 Å². The van der Waals surface area contributed by atoms with Gasteiger partial charge in [-0.25, -0.2) is 0 Å². The van der Waals surface area contributed by atoms with E-state index in [1.54, 1.807) is 24.3 Å². The minimum absolute atomic E-state index is 0.0199. The molecule has 0 radical (unpaired) electrons. The number of amides is 1. The first kappa shape index (κ1) is 14.1. The quantitative estimate of drug-likeness (QED) is 0.897. The van der Waals surface area contributed by atoms with Crippen molar-refractivity contribution in [3.63, 3.8) is 0 Å². The molecule has 0 aromatic heterocycles. The molecule has 1 amide bonds. The van der Waals surface area contributed by atoms with Crippen LogP contribution in [0.25, 0.3) is 0 Å². The molecule has 2 N–H and O–H groups in total. The van der Waals surface area contributed by atoms with E-state index in [-0.39, 0.29) is 12.5 Å². The lowest BCUT2D eigenvalue weighted by molar-refractivity contribution is 0.102. The highest BCUT2D eigenvalue weighted by Crippen LogP contribution is 2.16. The maximum atomic E-state index is 12.0. The van der Waals surface area contributed by atoms with Crippen LogP contribution in [0.5, 0.6) is 0 Å². The third kappa shape index (κ3) is 3.36. The topological polar surface area (TPSA) is 52.6 Å². The van der Waals surface area contributed by atoms with Crippen LogP contribution in [-0.2, 0) is 6.61 Å². The average molecular weight is 270 g/mol. The third-order valence-electron chi connectivity index (χ3n) is 3.04. The Hall–Kier alpha value is -2.33. The maximum absolute atomic E-state index is 12.0. The Morgan fingerprint density at radius 3 is 2.15 bits per heavy atom. The summed E-state index contributed by atoms with van der Waals surface area (Å²) in [5.74, 6) is -0.160. The van der Waals surface area contributed by atoms with E-state index >= 15 is 0 Å². The van der Waals surface area contributed by atoms with Gasteiger partial charge in [-0.2, -0.15) is 0 Å². The average Bonchev–Trinajstić information content (AvgIpc) is 2.48. The van der Waals surface area contributed by atoms with Crippen LogP contribution in [0.1, 0.15) is 15.9 Å². The van der Waals surface area contributed by atoms with Crippen LogP contribution in [-0.4, -0.2) is 25.1 Å². The molecule has 0 aliphatic rings. The summed E-state index contributed by atoms with van der Waals surface area (Å²) in [5, 5.41) is 11.8. The highest BCUT2D eigenvalue weighted by molar-refractivity contribution is 6.04. The van der Waals surface area contributed by atoms with Gasteiger partial charge in [-0.3, -0.25) is 4.79 Å². The molecule has 2 aromatic rings. The summed E-state index contributed by atoms with van der Waals surface area (Å²) in [4.78, 5) is 14.0. The standard InChI is InChI=1S/C16H18N2O2/c1-18(2)15-9-7-14(8-10-15)17-16(20)13-5-3-12(11-19)4-6-13/h3-10,19H,11H2,1-2H3,(H,17,20). The number of benzene rings is 2. The van der Waals surface area contributed by atoms with Gasteiger partial charge in [0, 0.05) is 31.0 Å². The lowest BCUT2D eigenvalue weighted by Gasteiger charge is -2.13. The first-order valence-electron chi connectivity index (χ1n) is 6.38. The summed E-state index contributed by atoms with van der Waals surface area (Å²) in [6.07, 6.45) is 0. The second kappa shape index (κ2) is 6.21. The number of aliphatic hydroxyl groups excluding tert-OH is 1. The van der Waals surface area contributed by atoms with Gasteiger partial charge in [0.05, 0.1) is 6.61 Å². The van der Waals surface area contributed by atoms with E-state index in [4.69, 9.17) is 5.11 Å². The Morgan fingerprint density at radius 1 is 1.05 bits per heavy atom. The lowest BCUT2D eigenvalue weighted by atomic mass is 10.1. The fourth-order valence-corrected chi connectivity index (χ4v) is 1.81. The van der Waals surface area contributed by atoms with Gasteiger partial charge < -0.3 is 15.3 Å². The molecule has 2 rings (SSSR count). The first-order chi connectivity index (χ1) is 9.60. The molecule has 0 aliphatic carbocycles. The van der Waals surface area contributed by atoms with Crippen molar-refractivity contribution in [1.29, 1.82) is 0 Å². The van der Waals surface area contributed by atoms with Crippen LogP contribution in [0.15, 0.2) is 48.5 Å². The maximum Gasteiger partial charge on any atom is 0.255 e. The van der Waals surface area contributed by atoms with E-state index in [2.05, 4.69) is 5.32 Å². The molecule has 0 aliphatic heterocycles. The summed E-state index contributed by atoms with van der Waals surface area (Å²) < 4.78 is 0. The molecule has 0 saturated heterocycles. The zero-order valence-corrected chi connectivity index (χ0v) is 11.6. The van der Waals surface area contributed by atoms with Gasteiger partial charge in [-0.1, -0.05) is 12.1 Å². The predicted octanol–water partition coefficient (Wildman–Crippen LogP) is 2.50.